The van der Waals surface area contributed by atoms with Crippen molar-refractivity contribution in [3.8, 4) is 0 Å². The van der Waals surface area contributed by atoms with Crippen molar-refractivity contribution >= 4 is 11.0 Å². The van der Waals surface area contributed by atoms with Crippen molar-refractivity contribution in [2.75, 3.05) is 0 Å². The second kappa shape index (κ2) is 5.70. The number of nitrogens with zero attached hydrogens (tertiary/aromatic N) is 1. The van der Waals surface area contributed by atoms with Crippen LogP contribution in [0.1, 0.15) is 11.3 Å². The molecule has 1 aromatic carbocycles. The first-order chi connectivity index (χ1) is 8.25. The highest BCUT2D eigenvalue weighted by Gasteiger charge is 2.03. The second-order valence-electron chi connectivity index (χ2n) is 3.72. The average Bonchev–Trinajstić information content (AvgIpc) is 2.38. The lowest BCUT2D eigenvalue weighted by atomic mass is 10.2. The highest BCUT2D eigenvalue weighted by molar-refractivity contribution is 7.83. The van der Waals surface area contributed by atoms with Crippen molar-refractivity contribution in [3.63, 3.8) is 0 Å². The van der Waals surface area contributed by atoms with E-state index in [0.717, 1.165) is 16.2 Å². The van der Waals surface area contributed by atoms with Crippen molar-refractivity contribution in [1.29, 1.82) is 0 Å². The van der Waals surface area contributed by atoms with Crippen molar-refractivity contribution in [3.05, 3.63) is 59.9 Å². The molecule has 0 amide bonds. The van der Waals surface area contributed by atoms with Crippen LogP contribution in [0, 0.1) is 6.92 Å². The summed E-state index contributed by atoms with van der Waals surface area (Å²) in [4.78, 5) is 4.95. The lowest BCUT2D eigenvalue weighted by Gasteiger charge is -2.04. The molecule has 0 spiro atoms. The van der Waals surface area contributed by atoms with Crippen LogP contribution < -0.4 is 4.72 Å². The van der Waals surface area contributed by atoms with Gasteiger partial charge >= 0.3 is 0 Å². The molecule has 0 saturated carbocycles. The van der Waals surface area contributed by atoms with Gasteiger partial charge in [-0.3, -0.25) is 4.98 Å². The monoisotopic (exact) mass is 246 g/mol. The molecule has 1 N–H and O–H groups in total. The number of benzene rings is 1. The highest BCUT2D eigenvalue weighted by Crippen LogP contribution is 2.07. The maximum atomic E-state index is 11.9. The summed E-state index contributed by atoms with van der Waals surface area (Å²) in [6.45, 7) is 2.51. The molecule has 1 unspecified atom stereocenters. The number of hydrogen-bond donors (Lipinski definition) is 1. The van der Waals surface area contributed by atoms with E-state index in [1.165, 1.54) is 0 Å². The van der Waals surface area contributed by atoms with E-state index in [1.807, 2.05) is 49.4 Å². The molecule has 0 aliphatic carbocycles. The molecule has 17 heavy (non-hydrogen) atoms. The van der Waals surface area contributed by atoms with Gasteiger partial charge < -0.3 is 0 Å². The Bertz CT molecular complexity index is 497. The average molecular weight is 246 g/mol. The van der Waals surface area contributed by atoms with E-state index in [0.29, 0.717) is 6.54 Å². The van der Waals surface area contributed by atoms with Gasteiger partial charge in [0.15, 0.2) is 0 Å². The Hall–Kier alpha value is -1.52. The molecule has 0 saturated heterocycles. The Morgan fingerprint density at radius 2 is 1.94 bits per heavy atom. The minimum absolute atomic E-state index is 0.501. The van der Waals surface area contributed by atoms with Crippen LogP contribution in [0.25, 0.3) is 0 Å². The molecule has 0 aliphatic rings. The lowest BCUT2D eigenvalue weighted by Crippen LogP contribution is -2.17. The molecule has 1 aromatic heterocycles. The summed E-state index contributed by atoms with van der Waals surface area (Å²) in [5.74, 6) is 0. The third kappa shape index (κ3) is 3.47. The normalized spacial score (nSPS) is 12.3. The molecule has 0 radical (unpaired) electrons. The van der Waals surface area contributed by atoms with Crippen LogP contribution in [0.5, 0.6) is 0 Å². The molecule has 0 aliphatic heterocycles. The largest absolute Gasteiger partial charge is 0.260 e. The van der Waals surface area contributed by atoms with Gasteiger partial charge in [0.2, 0.25) is 0 Å². The van der Waals surface area contributed by atoms with Gasteiger partial charge in [-0.2, -0.15) is 0 Å². The minimum Gasteiger partial charge on any atom is -0.260 e. The number of rotatable bonds is 4. The number of hydrogen-bond acceptors (Lipinski definition) is 2. The molecule has 2 aromatic rings. The van der Waals surface area contributed by atoms with Gasteiger partial charge in [-0.25, -0.2) is 8.93 Å². The number of pyridine rings is 1. The van der Waals surface area contributed by atoms with Crippen LogP contribution in [-0.2, 0) is 17.5 Å². The molecular formula is C13H14N2OS. The van der Waals surface area contributed by atoms with Gasteiger partial charge in [0.25, 0.3) is 0 Å². The molecule has 0 fully saturated rings. The summed E-state index contributed by atoms with van der Waals surface area (Å²) in [5.41, 5.74) is 2.04. The molecule has 3 nitrogen and oxygen atoms in total. The molecule has 88 valence electrons. The van der Waals surface area contributed by atoms with E-state index in [1.54, 1.807) is 6.20 Å². The van der Waals surface area contributed by atoms with Gasteiger partial charge in [0.1, 0.15) is 11.0 Å². The SMILES string of the molecule is Cc1ccc(S(=O)NCc2ccccn2)cc1. The van der Waals surface area contributed by atoms with Gasteiger partial charge in [-0.05, 0) is 31.2 Å². The first-order valence-corrected chi connectivity index (χ1v) is 6.52. The fraction of sp³-hybridized carbons (Fsp3) is 0.154. The van der Waals surface area contributed by atoms with Crippen LogP contribution in [0.3, 0.4) is 0 Å². The molecule has 2 rings (SSSR count). The Balaban J connectivity index is 1.96. The van der Waals surface area contributed by atoms with E-state index >= 15 is 0 Å². The van der Waals surface area contributed by atoms with Crippen molar-refractivity contribution in [2.45, 2.75) is 18.4 Å². The van der Waals surface area contributed by atoms with Gasteiger partial charge in [-0.15, -0.1) is 0 Å². The van der Waals surface area contributed by atoms with E-state index in [-0.39, 0.29) is 0 Å². The van der Waals surface area contributed by atoms with Crippen molar-refractivity contribution < 1.29 is 4.21 Å². The van der Waals surface area contributed by atoms with Crippen LogP contribution in [0.4, 0.5) is 0 Å². The first-order valence-electron chi connectivity index (χ1n) is 5.37. The van der Waals surface area contributed by atoms with E-state index < -0.39 is 11.0 Å². The van der Waals surface area contributed by atoms with Crippen LogP contribution in [-0.4, -0.2) is 9.19 Å². The fourth-order valence-electron chi connectivity index (χ4n) is 1.39. The third-order valence-corrected chi connectivity index (χ3v) is 3.45. The van der Waals surface area contributed by atoms with Crippen molar-refractivity contribution in [1.82, 2.24) is 9.71 Å². The third-order valence-electron chi connectivity index (χ3n) is 2.35. The highest BCUT2D eigenvalue weighted by atomic mass is 32.2. The summed E-state index contributed by atoms with van der Waals surface area (Å²) in [7, 11) is -1.18. The summed E-state index contributed by atoms with van der Waals surface area (Å²) in [5, 5.41) is 0. The Morgan fingerprint density at radius 3 is 2.59 bits per heavy atom. The Labute approximate surface area is 103 Å². The molecule has 1 atom stereocenters. The van der Waals surface area contributed by atoms with E-state index in [2.05, 4.69) is 9.71 Å². The standard InChI is InChI=1S/C13H14N2OS/c1-11-5-7-13(8-6-11)17(16)15-10-12-4-2-3-9-14-12/h2-9,15H,10H2,1H3. The number of nitrogens with one attached hydrogen (secondary N) is 1. The zero-order valence-electron chi connectivity index (χ0n) is 9.59. The fourth-order valence-corrected chi connectivity index (χ4v) is 2.22. The zero-order valence-corrected chi connectivity index (χ0v) is 10.4. The van der Waals surface area contributed by atoms with E-state index in [4.69, 9.17) is 0 Å². The topological polar surface area (TPSA) is 42.0 Å². The molecule has 0 bridgehead atoms. The van der Waals surface area contributed by atoms with E-state index in [9.17, 15) is 4.21 Å². The first kappa shape index (κ1) is 12.0. The summed E-state index contributed by atoms with van der Waals surface area (Å²) in [6.07, 6.45) is 1.73. The molecular weight excluding hydrogens is 232 g/mol. The quantitative estimate of drug-likeness (QED) is 0.898. The zero-order chi connectivity index (χ0) is 12.1. The Kier molecular flexibility index (Phi) is 4.01. The number of aryl methyl sites for hydroxylation is 1. The summed E-state index contributed by atoms with van der Waals surface area (Å²) < 4.78 is 14.8. The number of aromatic nitrogens is 1. The van der Waals surface area contributed by atoms with Gasteiger partial charge in [0, 0.05) is 6.20 Å². The molecule has 4 heteroatoms. The maximum Gasteiger partial charge on any atom is 0.125 e. The van der Waals surface area contributed by atoms with Crippen LogP contribution in [0.15, 0.2) is 53.6 Å². The second-order valence-corrected chi connectivity index (χ2v) is 5.02. The van der Waals surface area contributed by atoms with Gasteiger partial charge in [0.05, 0.1) is 17.1 Å². The van der Waals surface area contributed by atoms with Gasteiger partial charge in [-0.1, -0.05) is 23.8 Å². The summed E-state index contributed by atoms with van der Waals surface area (Å²) in [6, 6.07) is 13.3. The predicted octanol–water partition coefficient (Wildman–Crippen LogP) is 2.20. The lowest BCUT2D eigenvalue weighted by molar-refractivity contribution is 0.670. The minimum atomic E-state index is -1.18. The summed E-state index contributed by atoms with van der Waals surface area (Å²) >= 11 is 0. The van der Waals surface area contributed by atoms with Crippen LogP contribution in [0.2, 0.25) is 0 Å². The van der Waals surface area contributed by atoms with Crippen molar-refractivity contribution in [2.24, 2.45) is 0 Å². The predicted molar refractivity (Wildman–Crippen MR) is 68.7 cm³/mol. The maximum absolute atomic E-state index is 11.9. The molecule has 1 heterocycles. The smallest absolute Gasteiger partial charge is 0.125 e. The Morgan fingerprint density at radius 1 is 1.18 bits per heavy atom. The van der Waals surface area contributed by atoms with Crippen LogP contribution >= 0.6 is 0 Å².